The van der Waals surface area contributed by atoms with Gasteiger partial charge in [0.1, 0.15) is 5.41 Å². The van der Waals surface area contributed by atoms with E-state index in [1.54, 1.807) is 0 Å². The maximum Gasteiger partial charge on any atom is 0.232 e. The number of primary amides is 1. The summed E-state index contributed by atoms with van der Waals surface area (Å²) in [5, 5.41) is 4.52. The van der Waals surface area contributed by atoms with Crippen LogP contribution in [0.3, 0.4) is 0 Å². The minimum Gasteiger partial charge on any atom is -0.369 e. The molecule has 4 rings (SSSR count). The Labute approximate surface area is 196 Å². The summed E-state index contributed by atoms with van der Waals surface area (Å²) in [5.41, 5.74) is 8.63. The van der Waals surface area contributed by atoms with Crippen LogP contribution in [0.25, 0.3) is 0 Å². The van der Waals surface area contributed by atoms with E-state index in [4.69, 9.17) is 17.3 Å². The summed E-state index contributed by atoms with van der Waals surface area (Å²) in [6, 6.07) is 28.6. The van der Waals surface area contributed by atoms with Gasteiger partial charge >= 0.3 is 0 Å². The Morgan fingerprint density at radius 2 is 1.59 bits per heavy atom. The molecule has 0 heterocycles. The number of aryl methyl sites for hydroxylation is 1. The monoisotopic (exact) mass is 446 g/mol. The number of hydrogen-bond donors (Lipinski definition) is 2. The van der Waals surface area contributed by atoms with E-state index in [0.29, 0.717) is 6.04 Å². The Balaban J connectivity index is 1.47. The Morgan fingerprint density at radius 1 is 0.938 bits per heavy atom. The Kier molecular flexibility index (Phi) is 7.29. The first-order valence-corrected chi connectivity index (χ1v) is 11.9. The average molecular weight is 447 g/mol. The molecule has 1 aliphatic carbocycles. The van der Waals surface area contributed by atoms with Crippen LogP contribution >= 0.6 is 11.6 Å². The molecule has 1 fully saturated rings. The van der Waals surface area contributed by atoms with Gasteiger partial charge in [-0.15, -0.1) is 0 Å². The van der Waals surface area contributed by atoms with Crippen LogP contribution < -0.4 is 11.1 Å². The third kappa shape index (κ3) is 4.74. The van der Waals surface area contributed by atoms with Crippen molar-refractivity contribution in [2.24, 2.45) is 11.7 Å². The molecule has 0 aliphatic heterocycles. The highest BCUT2D eigenvalue weighted by Gasteiger charge is 2.49. The normalized spacial score (nSPS) is 18.5. The molecule has 1 amide bonds. The molecule has 0 saturated heterocycles. The summed E-state index contributed by atoms with van der Waals surface area (Å²) in [4.78, 5) is 13.2. The topological polar surface area (TPSA) is 55.1 Å². The van der Waals surface area contributed by atoms with Crippen molar-refractivity contribution in [3.05, 3.63) is 107 Å². The molecule has 166 valence electrons. The predicted molar refractivity (Wildman–Crippen MR) is 132 cm³/mol. The zero-order valence-electron chi connectivity index (χ0n) is 18.3. The van der Waals surface area contributed by atoms with Gasteiger partial charge in [0.15, 0.2) is 0 Å². The SMILES string of the molecule is NC(=O)C(c1ccccc1)(c1ccccc1)C1CCC(NCCCc2cccc(Cl)c2)C1. The summed E-state index contributed by atoms with van der Waals surface area (Å²) in [5.74, 6) is -0.100. The summed E-state index contributed by atoms with van der Waals surface area (Å²) < 4.78 is 0. The van der Waals surface area contributed by atoms with E-state index in [9.17, 15) is 4.79 Å². The third-order valence-electron chi connectivity index (χ3n) is 6.86. The van der Waals surface area contributed by atoms with Crippen molar-refractivity contribution in [3.8, 4) is 0 Å². The molecule has 4 heteroatoms. The predicted octanol–water partition coefficient (Wildman–Crippen LogP) is 5.50. The summed E-state index contributed by atoms with van der Waals surface area (Å²) in [7, 11) is 0. The van der Waals surface area contributed by atoms with Crippen LogP contribution in [-0.4, -0.2) is 18.5 Å². The van der Waals surface area contributed by atoms with Crippen molar-refractivity contribution < 1.29 is 4.79 Å². The van der Waals surface area contributed by atoms with Gasteiger partial charge < -0.3 is 11.1 Å². The summed E-state index contributed by atoms with van der Waals surface area (Å²) in [6.07, 6.45) is 5.02. The van der Waals surface area contributed by atoms with E-state index < -0.39 is 5.41 Å². The van der Waals surface area contributed by atoms with Crippen molar-refractivity contribution in [1.82, 2.24) is 5.32 Å². The van der Waals surface area contributed by atoms with Gasteiger partial charge in [-0.2, -0.15) is 0 Å². The van der Waals surface area contributed by atoms with Gasteiger partial charge in [-0.3, -0.25) is 4.79 Å². The van der Waals surface area contributed by atoms with Crippen molar-refractivity contribution in [2.75, 3.05) is 6.54 Å². The van der Waals surface area contributed by atoms with Crippen LogP contribution in [0.2, 0.25) is 5.02 Å². The number of nitrogens with two attached hydrogens (primary N) is 1. The number of amides is 1. The Morgan fingerprint density at radius 3 is 2.19 bits per heavy atom. The molecule has 0 spiro atoms. The number of hydrogen-bond acceptors (Lipinski definition) is 2. The van der Waals surface area contributed by atoms with Crippen molar-refractivity contribution in [3.63, 3.8) is 0 Å². The van der Waals surface area contributed by atoms with Gasteiger partial charge in [-0.25, -0.2) is 0 Å². The molecular formula is C28H31ClN2O. The van der Waals surface area contributed by atoms with E-state index in [-0.39, 0.29) is 11.8 Å². The first-order valence-electron chi connectivity index (χ1n) is 11.5. The number of benzene rings is 3. The molecule has 32 heavy (non-hydrogen) atoms. The molecule has 0 aromatic heterocycles. The highest BCUT2D eigenvalue weighted by Crippen LogP contribution is 2.46. The Bertz CT molecular complexity index is 982. The molecule has 0 bridgehead atoms. The van der Waals surface area contributed by atoms with E-state index in [0.717, 1.165) is 54.8 Å². The van der Waals surface area contributed by atoms with Crippen LogP contribution in [0.5, 0.6) is 0 Å². The van der Waals surface area contributed by atoms with Crippen LogP contribution in [0.1, 0.15) is 42.4 Å². The molecule has 3 aromatic carbocycles. The number of carbonyl (C=O) groups is 1. The zero-order chi connectivity index (χ0) is 22.4. The number of halogens is 1. The van der Waals surface area contributed by atoms with Gasteiger partial charge in [0, 0.05) is 11.1 Å². The smallest absolute Gasteiger partial charge is 0.232 e. The first-order chi connectivity index (χ1) is 15.6. The van der Waals surface area contributed by atoms with Crippen LogP contribution in [0.4, 0.5) is 0 Å². The van der Waals surface area contributed by atoms with Crippen molar-refractivity contribution >= 4 is 17.5 Å². The Hall–Kier alpha value is -2.62. The lowest BCUT2D eigenvalue weighted by Gasteiger charge is -2.37. The van der Waals surface area contributed by atoms with Crippen LogP contribution in [0.15, 0.2) is 84.9 Å². The van der Waals surface area contributed by atoms with Crippen LogP contribution in [-0.2, 0) is 16.6 Å². The van der Waals surface area contributed by atoms with Gasteiger partial charge in [-0.1, -0.05) is 84.4 Å². The van der Waals surface area contributed by atoms with Gasteiger partial charge in [-0.05, 0) is 73.4 Å². The van der Waals surface area contributed by atoms with E-state index in [2.05, 4.69) is 11.4 Å². The van der Waals surface area contributed by atoms with Gasteiger partial charge in [0.05, 0.1) is 0 Å². The second-order valence-corrected chi connectivity index (χ2v) is 9.24. The average Bonchev–Trinajstić information content (AvgIpc) is 3.28. The second-order valence-electron chi connectivity index (χ2n) is 8.80. The molecule has 2 atom stereocenters. The largest absolute Gasteiger partial charge is 0.369 e. The van der Waals surface area contributed by atoms with Crippen molar-refractivity contribution in [1.29, 1.82) is 0 Å². The fraction of sp³-hybridized carbons (Fsp3) is 0.321. The molecule has 3 N–H and O–H groups in total. The quantitative estimate of drug-likeness (QED) is 0.426. The second kappa shape index (κ2) is 10.3. The maximum atomic E-state index is 13.2. The molecule has 0 radical (unpaired) electrons. The number of rotatable bonds is 9. The molecule has 1 aliphatic rings. The fourth-order valence-corrected chi connectivity index (χ4v) is 5.59. The minimum absolute atomic E-state index is 0.162. The highest BCUT2D eigenvalue weighted by molar-refractivity contribution is 6.30. The third-order valence-corrected chi connectivity index (χ3v) is 7.09. The highest BCUT2D eigenvalue weighted by atomic mass is 35.5. The lowest BCUT2D eigenvalue weighted by atomic mass is 9.64. The molecule has 3 nitrogen and oxygen atoms in total. The standard InChI is InChI=1S/C28H31ClN2O/c29-25-15-7-9-21(19-25)10-8-18-31-26-17-16-24(20-26)28(27(30)32,22-11-3-1-4-12-22)23-13-5-2-6-14-23/h1-7,9,11-15,19,24,26,31H,8,10,16-18,20H2,(H2,30,32). The van der Waals surface area contributed by atoms with E-state index >= 15 is 0 Å². The first kappa shape index (κ1) is 22.6. The molecule has 2 unspecified atom stereocenters. The van der Waals surface area contributed by atoms with Crippen LogP contribution in [0, 0.1) is 5.92 Å². The van der Waals surface area contributed by atoms with Gasteiger partial charge in [0.2, 0.25) is 5.91 Å². The zero-order valence-corrected chi connectivity index (χ0v) is 19.1. The fourth-order valence-electron chi connectivity index (χ4n) is 5.38. The lowest BCUT2D eigenvalue weighted by Crippen LogP contribution is -2.48. The lowest BCUT2D eigenvalue weighted by molar-refractivity contribution is -0.123. The maximum absolute atomic E-state index is 13.2. The summed E-state index contributed by atoms with van der Waals surface area (Å²) >= 11 is 6.09. The number of nitrogens with one attached hydrogen (secondary N) is 1. The minimum atomic E-state index is -0.806. The van der Waals surface area contributed by atoms with Crippen molar-refractivity contribution in [2.45, 2.75) is 43.6 Å². The summed E-state index contributed by atoms with van der Waals surface area (Å²) in [6.45, 7) is 0.949. The number of carbonyl (C=O) groups excluding carboxylic acids is 1. The van der Waals surface area contributed by atoms with Gasteiger partial charge in [0.25, 0.3) is 0 Å². The molecule has 1 saturated carbocycles. The van der Waals surface area contributed by atoms with E-state index in [1.165, 1.54) is 5.56 Å². The molecular weight excluding hydrogens is 416 g/mol. The molecule has 3 aromatic rings. The van der Waals surface area contributed by atoms with E-state index in [1.807, 2.05) is 78.9 Å².